The number of rotatable bonds is 8. The summed E-state index contributed by atoms with van der Waals surface area (Å²) < 4.78 is 5.99. The Morgan fingerprint density at radius 3 is 2.16 bits per heavy atom. The maximum atomic E-state index is 13.6. The van der Waals surface area contributed by atoms with Gasteiger partial charge in [-0.3, -0.25) is 14.5 Å². The standard InChI is InChI=1S/C29H27N3O5S/c30-15-18-11-13-21(14-12-18)26(34)31-23-27(35)32-24(22(16-33)17-38-28(23)32)29(36)37-25(19-7-3-1-4-8-19)20-9-5-2-6-10-20/h1-14,23,25,28,33H,15-17,30H2,(H,31,34)/t23-,28+/m0/s1. The highest BCUT2D eigenvalue weighted by molar-refractivity contribution is 8.00. The van der Waals surface area contributed by atoms with Gasteiger partial charge in [-0.1, -0.05) is 72.8 Å². The number of carbonyl (C=O) groups excluding carboxylic acids is 3. The molecule has 5 rings (SSSR count). The second-order valence-electron chi connectivity index (χ2n) is 8.98. The van der Waals surface area contributed by atoms with Crippen LogP contribution in [0.1, 0.15) is 33.2 Å². The van der Waals surface area contributed by atoms with E-state index in [9.17, 15) is 19.5 Å². The second-order valence-corrected chi connectivity index (χ2v) is 10.1. The predicted octanol–water partition coefficient (Wildman–Crippen LogP) is 2.74. The molecule has 9 heteroatoms. The van der Waals surface area contributed by atoms with Crippen molar-refractivity contribution in [2.75, 3.05) is 12.4 Å². The smallest absolute Gasteiger partial charge is 0.356 e. The number of fused-ring (bicyclic) bond motifs is 1. The van der Waals surface area contributed by atoms with Crippen LogP contribution in [0.4, 0.5) is 0 Å². The SMILES string of the molecule is NCc1ccc(C(=O)N[C@H]2C(=O)N3C(C(=O)OC(c4ccccc4)c4ccccc4)=C(CO)CS[C@H]23)cc1. The zero-order valence-electron chi connectivity index (χ0n) is 20.4. The highest BCUT2D eigenvalue weighted by atomic mass is 32.2. The molecule has 2 amide bonds. The molecule has 3 aromatic rings. The third kappa shape index (κ3) is 4.96. The molecule has 0 radical (unpaired) electrons. The Labute approximate surface area is 224 Å². The molecule has 0 unspecified atom stereocenters. The summed E-state index contributed by atoms with van der Waals surface area (Å²) in [7, 11) is 0. The van der Waals surface area contributed by atoms with Gasteiger partial charge < -0.3 is 20.9 Å². The Hall–Kier alpha value is -3.92. The fourth-order valence-corrected chi connectivity index (χ4v) is 5.89. The topological polar surface area (TPSA) is 122 Å². The van der Waals surface area contributed by atoms with Crippen LogP contribution >= 0.6 is 11.8 Å². The van der Waals surface area contributed by atoms with Crippen molar-refractivity contribution >= 4 is 29.5 Å². The largest absolute Gasteiger partial charge is 0.448 e. The van der Waals surface area contributed by atoms with Crippen LogP contribution in [0, 0.1) is 0 Å². The number of aliphatic hydroxyl groups is 1. The summed E-state index contributed by atoms with van der Waals surface area (Å²) in [5.41, 5.74) is 8.93. The minimum absolute atomic E-state index is 0.0379. The van der Waals surface area contributed by atoms with Gasteiger partial charge in [0.1, 0.15) is 17.1 Å². The van der Waals surface area contributed by atoms with Crippen molar-refractivity contribution < 1.29 is 24.2 Å². The van der Waals surface area contributed by atoms with Crippen molar-refractivity contribution in [1.29, 1.82) is 0 Å². The maximum absolute atomic E-state index is 13.6. The van der Waals surface area contributed by atoms with Crippen molar-refractivity contribution in [2.45, 2.75) is 24.1 Å². The molecule has 2 atom stereocenters. The van der Waals surface area contributed by atoms with E-state index in [0.29, 0.717) is 23.4 Å². The highest BCUT2D eigenvalue weighted by Gasteiger charge is 2.54. The number of carbonyl (C=O) groups is 3. The van der Waals surface area contributed by atoms with E-state index in [1.54, 1.807) is 24.3 Å². The predicted molar refractivity (Wildman–Crippen MR) is 144 cm³/mol. The van der Waals surface area contributed by atoms with Crippen LogP contribution in [-0.2, 0) is 20.9 Å². The van der Waals surface area contributed by atoms with Gasteiger partial charge in [0.15, 0.2) is 6.10 Å². The molecule has 2 aliphatic rings. The first-order valence-electron chi connectivity index (χ1n) is 12.2. The summed E-state index contributed by atoms with van der Waals surface area (Å²) in [4.78, 5) is 40.9. The quantitative estimate of drug-likeness (QED) is 0.303. The Bertz CT molecular complexity index is 1320. The lowest BCUT2D eigenvalue weighted by molar-refractivity contribution is -0.153. The fourth-order valence-electron chi connectivity index (χ4n) is 4.56. The average Bonchev–Trinajstić information content (AvgIpc) is 2.98. The number of β-lactam (4-membered cyclic amide) rings is 1. The van der Waals surface area contributed by atoms with Crippen molar-refractivity contribution in [1.82, 2.24) is 10.2 Å². The van der Waals surface area contributed by atoms with E-state index in [4.69, 9.17) is 10.5 Å². The minimum atomic E-state index is -0.802. The number of thioether (sulfide) groups is 1. The molecule has 2 aliphatic heterocycles. The van der Waals surface area contributed by atoms with E-state index >= 15 is 0 Å². The molecule has 8 nitrogen and oxygen atoms in total. The number of hydrogen-bond donors (Lipinski definition) is 3. The zero-order chi connectivity index (χ0) is 26.6. The molecule has 2 heterocycles. The number of nitrogens with two attached hydrogens (primary N) is 1. The maximum Gasteiger partial charge on any atom is 0.356 e. The lowest BCUT2D eigenvalue weighted by Crippen LogP contribution is -2.70. The summed E-state index contributed by atoms with van der Waals surface area (Å²) in [5.74, 6) is -1.19. The van der Waals surface area contributed by atoms with Crippen LogP contribution in [0.3, 0.4) is 0 Å². The molecular weight excluding hydrogens is 502 g/mol. The van der Waals surface area contributed by atoms with Crippen molar-refractivity contribution in [2.24, 2.45) is 5.73 Å². The van der Waals surface area contributed by atoms with Gasteiger partial charge in [0.2, 0.25) is 0 Å². The Morgan fingerprint density at radius 2 is 1.61 bits per heavy atom. The van der Waals surface area contributed by atoms with E-state index in [2.05, 4.69) is 5.32 Å². The number of nitrogens with one attached hydrogen (secondary N) is 1. The number of amides is 2. The fraction of sp³-hybridized carbons (Fsp3) is 0.207. The van der Waals surface area contributed by atoms with Gasteiger partial charge in [0.25, 0.3) is 11.8 Å². The van der Waals surface area contributed by atoms with Gasteiger partial charge in [-0.05, 0) is 34.4 Å². The number of ether oxygens (including phenoxy) is 1. The summed E-state index contributed by atoms with van der Waals surface area (Å²) in [6, 6.07) is 24.7. The number of benzene rings is 3. The van der Waals surface area contributed by atoms with Crippen LogP contribution in [0.25, 0.3) is 0 Å². The first-order valence-corrected chi connectivity index (χ1v) is 13.2. The van der Waals surface area contributed by atoms with Gasteiger partial charge in [0.05, 0.1) is 6.61 Å². The Morgan fingerprint density at radius 1 is 1.00 bits per heavy atom. The summed E-state index contributed by atoms with van der Waals surface area (Å²) >= 11 is 1.38. The molecule has 0 saturated carbocycles. The Kier molecular flexibility index (Phi) is 7.59. The normalized spacial score (nSPS) is 18.6. The van der Waals surface area contributed by atoms with E-state index in [-0.39, 0.29) is 18.2 Å². The van der Waals surface area contributed by atoms with Crippen molar-refractivity contribution in [3.8, 4) is 0 Å². The molecular formula is C29H27N3O5S. The summed E-state index contributed by atoms with van der Waals surface area (Å²) in [6.07, 6.45) is -0.700. The average molecular weight is 530 g/mol. The first-order chi connectivity index (χ1) is 18.5. The molecule has 194 valence electrons. The third-order valence-corrected chi connectivity index (χ3v) is 7.94. The minimum Gasteiger partial charge on any atom is -0.448 e. The number of nitrogens with zero attached hydrogens (tertiary/aromatic N) is 1. The molecule has 4 N–H and O–H groups in total. The number of aliphatic hydroxyl groups excluding tert-OH is 1. The molecule has 1 saturated heterocycles. The Balaban J connectivity index is 1.36. The third-order valence-electron chi connectivity index (χ3n) is 6.60. The summed E-state index contributed by atoms with van der Waals surface area (Å²) in [5, 5.41) is 12.3. The summed E-state index contributed by atoms with van der Waals surface area (Å²) in [6.45, 7) is -0.0235. The molecule has 38 heavy (non-hydrogen) atoms. The van der Waals surface area contributed by atoms with Crippen LogP contribution in [-0.4, -0.2) is 51.6 Å². The van der Waals surface area contributed by atoms with E-state index in [0.717, 1.165) is 16.7 Å². The highest BCUT2D eigenvalue weighted by Crippen LogP contribution is 2.41. The molecule has 0 spiro atoms. The van der Waals surface area contributed by atoms with Crippen LogP contribution < -0.4 is 11.1 Å². The lowest BCUT2D eigenvalue weighted by Gasteiger charge is -2.49. The van der Waals surface area contributed by atoms with Gasteiger partial charge in [-0.15, -0.1) is 11.8 Å². The van der Waals surface area contributed by atoms with Crippen LogP contribution in [0.2, 0.25) is 0 Å². The van der Waals surface area contributed by atoms with E-state index in [1.165, 1.54) is 16.7 Å². The molecule has 3 aromatic carbocycles. The molecule has 1 fully saturated rings. The molecule has 0 aromatic heterocycles. The van der Waals surface area contributed by atoms with Gasteiger partial charge in [-0.2, -0.15) is 0 Å². The number of esters is 1. The van der Waals surface area contributed by atoms with E-state index in [1.807, 2.05) is 60.7 Å². The second kappa shape index (κ2) is 11.2. The van der Waals surface area contributed by atoms with Crippen molar-refractivity contribution in [3.05, 3.63) is 118 Å². The lowest BCUT2D eigenvalue weighted by atomic mass is 10.0. The van der Waals surface area contributed by atoms with Gasteiger partial charge in [0, 0.05) is 17.9 Å². The first kappa shape index (κ1) is 25.7. The van der Waals surface area contributed by atoms with Crippen LogP contribution in [0.5, 0.6) is 0 Å². The monoisotopic (exact) mass is 529 g/mol. The molecule has 0 bridgehead atoms. The van der Waals surface area contributed by atoms with Crippen molar-refractivity contribution in [3.63, 3.8) is 0 Å². The van der Waals surface area contributed by atoms with Crippen LogP contribution in [0.15, 0.2) is 96.2 Å². The number of hydrogen-bond acceptors (Lipinski definition) is 7. The zero-order valence-corrected chi connectivity index (χ0v) is 21.3. The van der Waals surface area contributed by atoms with Gasteiger partial charge >= 0.3 is 5.97 Å². The molecule has 0 aliphatic carbocycles. The van der Waals surface area contributed by atoms with Gasteiger partial charge in [-0.25, -0.2) is 4.79 Å². The van der Waals surface area contributed by atoms with E-state index < -0.39 is 29.4 Å².